The molecule has 0 unspecified atom stereocenters. The van der Waals surface area contributed by atoms with Crippen molar-refractivity contribution in [2.75, 3.05) is 20.3 Å². The van der Waals surface area contributed by atoms with Gasteiger partial charge >= 0.3 is 0 Å². The highest BCUT2D eigenvalue weighted by atomic mass is 19.1. The Balaban J connectivity index is 1.72. The van der Waals surface area contributed by atoms with Crippen molar-refractivity contribution < 1.29 is 13.9 Å². The molecule has 0 aliphatic carbocycles. The number of halogens is 1. The van der Waals surface area contributed by atoms with Crippen LogP contribution in [0, 0.1) is 5.82 Å². The van der Waals surface area contributed by atoms with Crippen molar-refractivity contribution in [3.8, 4) is 11.5 Å². The first-order valence-corrected chi connectivity index (χ1v) is 6.95. The number of hydrogen-bond acceptors (Lipinski definition) is 3. The van der Waals surface area contributed by atoms with Crippen molar-refractivity contribution in [1.82, 2.24) is 5.32 Å². The number of rotatable bonds is 7. The minimum atomic E-state index is -0.214. The Hall–Kier alpha value is -2.07. The van der Waals surface area contributed by atoms with E-state index in [1.165, 1.54) is 12.1 Å². The van der Waals surface area contributed by atoms with Gasteiger partial charge in [0.15, 0.2) is 0 Å². The lowest BCUT2D eigenvalue weighted by atomic mass is 10.1. The summed E-state index contributed by atoms with van der Waals surface area (Å²) in [6.07, 6.45) is 0. The van der Waals surface area contributed by atoms with Gasteiger partial charge in [-0.2, -0.15) is 0 Å². The zero-order valence-corrected chi connectivity index (χ0v) is 12.3. The number of hydrogen-bond donors (Lipinski definition) is 1. The molecule has 1 N–H and O–H groups in total. The molecule has 0 saturated carbocycles. The van der Waals surface area contributed by atoms with Crippen molar-refractivity contribution in [2.24, 2.45) is 0 Å². The molecule has 1 atom stereocenters. The highest BCUT2D eigenvalue weighted by Crippen LogP contribution is 2.17. The van der Waals surface area contributed by atoms with Crippen molar-refractivity contribution in [3.63, 3.8) is 0 Å². The summed E-state index contributed by atoms with van der Waals surface area (Å²) in [5.74, 6) is 1.41. The van der Waals surface area contributed by atoms with Gasteiger partial charge in [-0.15, -0.1) is 0 Å². The third kappa shape index (κ3) is 4.76. The van der Waals surface area contributed by atoms with Crippen LogP contribution in [0.2, 0.25) is 0 Å². The molecule has 0 aromatic heterocycles. The molecule has 0 heterocycles. The fraction of sp³-hybridized carbons (Fsp3) is 0.294. The maximum absolute atomic E-state index is 12.8. The number of nitrogens with one attached hydrogen (secondary N) is 1. The summed E-state index contributed by atoms with van der Waals surface area (Å²) in [5.41, 5.74) is 1.06. The van der Waals surface area contributed by atoms with Crippen LogP contribution < -0.4 is 14.8 Å². The minimum absolute atomic E-state index is 0.157. The van der Waals surface area contributed by atoms with E-state index in [2.05, 4.69) is 5.32 Å². The smallest absolute Gasteiger partial charge is 0.123 e. The zero-order valence-electron chi connectivity index (χ0n) is 12.3. The first-order chi connectivity index (χ1) is 10.2. The Labute approximate surface area is 124 Å². The molecule has 2 rings (SSSR count). The lowest BCUT2D eigenvalue weighted by Gasteiger charge is -2.14. The molecule has 21 heavy (non-hydrogen) atoms. The Kier molecular flexibility index (Phi) is 5.58. The molecule has 2 aromatic rings. The fourth-order valence-electron chi connectivity index (χ4n) is 1.99. The number of methoxy groups -OCH3 is 1. The SMILES string of the molecule is COc1ccc(OCCN[C@H](C)c2ccc(F)cc2)cc1. The minimum Gasteiger partial charge on any atom is -0.497 e. The molecule has 2 aromatic carbocycles. The van der Waals surface area contributed by atoms with Crippen molar-refractivity contribution >= 4 is 0 Å². The van der Waals surface area contributed by atoms with Crippen LogP contribution in [0.4, 0.5) is 4.39 Å². The summed E-state index contributed by atoms with van der Waals surface area (Å²) in [6, 6.07) is 14.2. The predicted molar refractivity (Wildman–Crippen MR) is 81.3 cm³/mol. The van der Waals surface area contributed by atoms with Gasteiger partial charge in [0.05, 0.1) is 7.11 Å². The van der Waals surface area contributed by atoms with E-state index in [-0.39, 0.29) is 11.9 Å². The van der Waals surface area contributed by atoms with Gasteiger partial charge in [0, 0.05) is 12.6 Å². The van der Waals surface area contributed by atoms with E-state index in [4.69, 9.17) is 9.47 Å². The topological polar surface area (TPSA) is 30.5 Å². The standard InChI is InChI=1S/C17H20FNO2/c1-13(14-3-5-15(18)6-4-14)19-11-12-21-17-9-7-16(20-2)8-10-17/h3-10,13,19H,11-12H2,1-2H3/t13-/m1/s1. The molecule has 0 fully saturated rings. The van der Waals surface area contributed by atoms with Crippen LogP contribution in [0.3, 0.4) is 0 Å². The monoisotopic (exact) mass is 289 g/mol. The highest BCUT2D eigenvalue weighted by Gasteiger charge is 2.04. The van der Waals surface area contributed by atoms with Gasteiger partial charge in [-0.1, -0.05) is 12.1 Å². The van der Waals surface area contributed by atoms with Crippen LogP contribution in [0.15, 0.2) is 48.5 Å². The third-order valence-electron chi connectivity index (χ3n) is 3.25. The quantitative estimate of drug-likeness (QED) is 0.791. The van der Waals surface area contributed by atoms with Crippen molar-refractivity contribution in [1.29, 1.82) is 0 Å². The van der Waals surface area contributed by atoms with Crippen LogP contribution in [0.1, 0.15) is 18.5 Å². The van der Waals surface area contributed by atoms with E-state index in [9.17, 15) is 4.39 Å². The Morgan fingerprint density at radius 3 is 2.24 bits per heavy atom. The van der Waals surface area contributed by atoms with Gasteiger partial charge in [-0.25, -0.2) is 4.39 Å². The van der Waals surface area contributed by atoms with Crippen LogP contribution >= 0.6 is 0 Å². The molecule has 0 amide bonds. The maximum atomic E-state index is 12.8. The van der Waals surface area contributed by atoms with Crippen molar-refractivity contribution in [2.45, 2.75) is 13.0 Å². The molecule has 0 aliphatic heterocycles. The van der Waals surface area contributed by atoms with Gasteiger partial charge in [0.1, 0.15) is 23.9 Å². The van der Waals surface area contributed by atoms with Crippen LogP contribution in [0.25, 0.3) is 0 Å². The average molecular weight is 289 g/mol. The second-order valence-electron chi connectivity index (χ2n) is 4.75. The number of ether oxygens (including phenoxy) is 2. The summed E-state index contributed by atoms with van der Waals surface area (Å²) in [4.78, 5) is 0. The Bertz CT molecular complexity index is 540. The molecule has 112 valence electrons. The molecule has 0 radical (unpaired) electrons. The summed E-state index contributed by atoms with van der Waals surface area (Å²) in [7, 11) is 1.64. The molecule has 0 saturated heterocycles. The molecule has 0 spiro atoms. The second-order valence-corrected chi connectivity index (χ2v) is 4.75. The normalized spacial score (nSPS) is 12.0. The van der Waals surface area contributed by atoms with Gasteiger partial charge < -0.3 is 14.8 Å². The van der Waals surface area contributed by atoms with E-state index in [0.29, 0.717) is 13.2 Å². The lowest BCUT2D eigenvalue weighted by Crippen LogP contribution is -2.24. The first kappa shape index (κ1) is 15.3. The Morgan fingerprint density at radius 1 is 1.00 bits per heavy atom. The van der Waals surface area contributed by atoms with Gasteiger partial charge in [-0.05, 0) is 48.9 Å². The summed E-state index contributed by atoms with van der Waals surface area (Å²) >= 11 is 0. The largest absolute Gasteiger partial charge is 0.497 e. The molecule has 4 heteroatoms. The zero-order chi connectivity index (χ0) is 15.1. The molecule has 3 nitrogen and oxygen atoms in total. The van der Waals surface area contributed by atoms with E-state index in [1.807, 2.05) is 31.2 Å². The van der Waals surface area contributed by atoms with Gasteiger partial charge in [-0.3, -0.25) is 0 Å². The van der Waals surface area contributed by atoms with E-state index in [0.717, 1.165) is 17.1 Å². The summed E-state index contributed by atoms with van der Waals surface area (Å²) < 4.78 is 23.6. The maximum Gasteiger partial charge on any atom is 0.123 e. The second kappa shape index (κ2) is 7.64. The lowest BCUT2D eigenvalue weighted by molar-refractivity contribution is 0.307. The molecule has 0 aliphatic rings. The van der Waals surface area contributed by atoms with Crippen LogP contribution in [-0.2, 0) is 0 Å². The average Bonchev–Trinajstić information content (AvgIpc) is 2.52. The van der Waals surface area contributed by atoms with Gasteiger partial charge in [0.2, 0.25) is 0 Å². The third-order valence-corrected chi connectivity index (χ3v) is 3.25. The predicted octanol–water partition coefficient (Wildman–Crippen LogP) is 3.56. The first-order valence-electron chi connectivity index (χ1n) is 6.95. The highest BCUT2D eigenvalue weighted by molar-refractivity contribution is 5.31. The van der Waals surface area contributed by atoms with Gasteiger partial charge in [0.25, 0.3) is 0 Å². The number of benzene rings is 2. The summed E-state index contributed by atoms with van der Waals surface area (Å²) in [6.45, 7) is 3.32. The van der Waals surface area contributed by atoms with E-state index in [1.54, 1.807) is 19.2 Å². The van der Waals surface area contributed by atoms with Crippen molar-refractivity contribution in [3.05, 3.63) is 59.9 Å². The van der Waals surface area contributed by atoms with Crippen LogP contribution in [-0.4, -0.2) is 20.3 Å². The van der Waals surface area contributed by atoms with Crippen LogP contribution in [0.5, 0.6) is 11.5 Å². The molecular formula is C17H20FNO2. The summed E-state index contributed by atoms with van der Waals surface area (Å²) in [5, 5.41) is 3.34. The van der Waals surface area contributed by atoms with E-state index >= 15 is 0 Å². The molecule has 0 bridgehead atoms. The fourth-order valence-corrected chi connectivity index (χ4v) is 1.99. The Morgan fingerprint density at radius 2 is 1.62 bits per heavy atom. The molecular weight excluding hydrogens is 269 g/mol. The van der Waals surface area contributed by atoms with E-state index < -0.39 is 0 Å².